The van der Waals surface area contributed by atoms with Crippen LogP contribution in [0.2, 0.25) is 0 Å². The van der Waals surface area contributed by atoms with E-state index in [1.165, 1.54) is 4.68 Å². The van der Waals surface area contributed by atoms with Gasteiger partial charge < -0.3 is 16.4 Å². The number of primary amides is 1. The van der Waals surface area contributed by atoms with E-state index in [1.54, 1.807) is 13.2 Å². The molecule has 2 aromatic rings. The monoisotopic (exact) mass is 353 g/mol. The molecule has 0 unspecified atom stereocenters. The summed E-state index contributed by atoms with van der Waals surface area (Å²) in [6.07, 6.45) is 1.63. The fraction of sp³-hybridized carbons (Fsp3) is 0.0833. The Morgan fingerprint density at radius 1 is 1.35 bits per heavy atom. The molecule has 104 valence electrons. The van der Waals surface area contributed by atoms with Crippen LogP contribution in [0, 0.1) is 0 Å². The van der Waals surface area contributed by atoms with Gasteiger partial charge in [-0.15, -0.1) is 0 Å². The molecule has 0 aliphatic heterocycles. The van der Waals surface area contributed by atoms with Crippen molar-refractivity contribution in [2.75, 3.05) is 10.6 Å². The summed E-state index contributed by atoms with van der Waals surface area (Å²) in [5.41, 5.74) is 6.69. The predicted octanol–water partition coefficient (Wildman–Crippen LogP) is 2.09. The maximum Gasteiger partial charge on any atom is 0.271 e. The van der Waals surface area contributed by atoms with Crippen LogP contribution in [0.25, 0.3) is 0 Å². The number of anilines is 2. The van der Waals surface area contributed by atoms with Crippen LogP contribution in [0.5, 0.6) is 0 Å². The zero-order valence-electron chi connectivity index (χ0n) is 10.6. The van der Waals surface area contributed by atoms with Crippen molar-refractivity contribution >= 4 is 50.5 Å². The molecule has 1 amide bonds. The number of nitrogens with zero attached hydrogens (tertiary/aromatic N) is 2. The van der Waals surface area contributed by atoms with Gasteiger partial charge in [-0.05, 0) is 36.5 Å². The number of nitrogens with one attached hydrogen (secondary N) is 2. The second-order valence-electron chi connectivity index (χ2n) is 4.02. The van der Waals surface area contributed by atoms with Gasteiger partial charge in [0.1, 0.15) is 0 Å². The zero-order chi connectivity index (χ0) is 14.7. The predicted molar refractivity (Wildman–Crippen MR) is 85.7 cm³/mol. The number of carbonyl (C=O) groups excluding carboxylic acids is 1. The van der Waals surface area contributed by atoms with E-state index in [0.717, 1.165) is 10.2 Å². The number of amides is 1. The molecule has 1 aromatic carbocycles. The summed E-state index contributed by atoms with van der Waals surface area (Å²) in [5, 5.41) is 10.2. The van der Waals surface area contributed by atoms with Gasteiger partial charge in [-0.2, -0.15) is 5.10 Å². The van der Waals surface area contributed by atoms with Gasteiger partial charge in [0, 0.05) is 23.4 Å². The average Bonchev–Trinajstić information content (AvgIpc) is 2.73. The Morgan fingerprint density at radius 3 is 2.60 bits per heavy atom. The number of hydrogen-bond acceptors (Lipinski definition) is 3. The van der Waals surface area contributed by atoms with E-state index in [2.05, 4.69) is 31.7 Å². The highest BCUT2D eigenvalue weighted by atomic mass is 79.9. The van der Waals surface area contributed by atoms with Crippen LogP contribution in [0.1, 0.15) is 10.5 Å². The standard InChI is InChI=1S/C12H12BrN5OS/c1-18-6-9(10(17-18)11(14)19)16-12(20)15-8-4-2-7(13)3-5-8/h2-6H,1H3,(H2,14,19)(H2,15,16,20). The molecular weight excluding hydrogens is 342 g/mol. The molecule has 0 saturated carbocycles. The van der Waals surface area contributed by atoms with Crippen molar-refractivity contribution in [1.29, 1.82) is 0 Å². The van der Waals surface area contributed by atoms with Crippen LogP contribution >= 0.6 is 28.1 Å². The highest BCUT2D eigenvalue weighted by Gasteiger charge is 2.13. The number of rotatable bonds is 3. The van der Waals surface area contributed by atoms with Gasteiger partial charge in [0.2, 0.25) is 0 Å². The number of halogens is 1. The van der Waals surface area contributed by atoms with Gasteiger partial charge in [0.05, 0.1) is 5.69 Å². The van der Waals surface area contributed by atoms with Crippen molar-refractivity contribution in [3.63, 3.8) is 0 Å². The Labute approximate surface area is 129 Å². The smallest absolute Gasteiger partial charge is 0.271 e. The molecule has 0 fully saturated rings. The molecule has 0 radical (unpaired) electrons. The zero-order valence-corrected chi connectivity index (χ0v) is 13.0. The average molecular weight is 354 g/mol. The first kappa shape index (κ1) is 14.5. The van der Waals surface area contributed by atoms with E-state index in [9.17, 15) is 4.79 Å². The summed E-state index contributed by atoms with van der Waals surface area (Å²) in [6, 6.07) is 7.53. The third-order valence-corrected chi connectivity index (χ3v) is 3.15. The summed E-state index contributed by atoms with van der Waals surface area (Å²) >= 11 is 8.54. The van der Waals surface area contributed by atoms with Crippen LogP contribution in [0.4, 0.5) is 11.4 Å². The molecule has 0 atom stereocenters. The van der Waals surface area contributed by atoms with Gasteiger partial charge in [0.15, 0.2) is 10.8 Å². The summed E-state index contributed by atoms with van der Waals surface area (Å²) in [5.74, 6) is -0.612. The van der Waals surface area contributed by atoms with Crippen LogP contribution in [0.15, 0.2) is 34.9 Å². The first-order valence-electron chi connectivity index (χ1n) is 5.62. The lowest BCUT2D eigenvalue weighted by molar-refractivity contribution is 0.0995. The molecule has 20 heavy (non-hydrogen) atoms. The normalized spacial score (nSPS) is 10.1. The molecule has 0 spiro atoms. The number of nitrogens with two attached hydrogens (primary N) is 1. The Hall–Kier alpha value is -1.93. The molecule has 0 saturated heterocycles. The van der Waals surface area contributed by atoms with Gasteiger partial charge in [-0.3, -0.25) is 9.48 Å². The number of carbonyl (C=O) groups is 1. The molecule has 0 bridgehead atoms. The van der Waals surface area contributed by atoms with Crippen LogP contribution < -0.4 is 16.4 Å². The second-order valence-corrected chi connectivity index (χ2v) is 5.34. The van der Waals surface area contributed by atoms with Crippen molar-refractivity contribution in [3.05, 3.63) is 40.6 Å². The number of hydrogen-bond donors (Lipinski definition) is 3. The summed E-state index contributed by atoms with van der Waals surface area (Å²) < 4.78 is 2.47. The molecule has 2 rings (SSSR count). The SMILES string of the molecule is Cn1cc(NC(=S)Nc2ccc(Br)cc2)c(C(N)=O)n1. The first-order chi connectivity index (χ1) is 9.45. The third kappa shape index (κ3) is 3.55. The summed E-state index contributed by atoms with van der Waals surface area (Å²) in [7, 11) is 1.70. The van der Waals surface area contributed by atoms with E-state index < -0.39 is 5.91 Å². The molecule has 1 aromatic heterocycles. The Balaban J connectivity index is 2.08. The molecule has 8 heteroatoms. The minimum Gasteiger partial charge on any atom is -0.364 e. The summed E-state index contributed by atoms with van der Waals surface area (Å²) in [6.45, 7) is 0. The molecule has 6 nitrogen and oxygen atoms in total. The number of aromatic nitrogens is 2. The van der Waals surface area contributed by atoms with E-state index in [4.69, 9.17) is 18.0 Å². The third-order valence-electron chi connectivity index (χ3n) is 2.41. The van der Waals surface area contributed by atoms with Crippen molar-refractivity contribution in [3.8, 4) is 0 Å². The second kappa shape index (κ2) is 6.02. The topological polar surface area (TPSA) is 85.0 Å². The summed E-state index contributed by atoms with van der Waals surface area (Å²) in [4.78, 5) is 11.2. The fourth-order valence-electron chi connectivity index (χ4n) is 1.58. The van der Waals surface area contributed by atoms with Crippen LogP contribution in [-0.4, -0.2) is 20.8 Å². The molecule has 1 heterocycles. The number of thiocarbonyl (C=S) groups is 1. The number of benzene rings is 1. The van der Waals surface area contributed by atoms with E-state index >= 15 is 0 Å². The van der Waals surface area contributed by atoms with Crippen molar-refractivity contribution in [2.45, 2.75) is 0 Å². The minimum absolute atomic E-state index is 0.146. The van der Waals surface area contributed by atoms with E-state index in [-0.39, 0.29) is 5.69 Å². The first-order valence-corrected chi connectivity index (χ1v) is 6.83. The Bertz CT molecular complexity index is 652. The van der Waals surface area contributed by atoms with E-state index in [1.807, 2.05) is 24.3 Å². The lowest BCUT2D eigenvalue weighted by atomic mass is 10.3. The molecule has 4 N–H and O–H groups in total. The van der Waals surface area contributed by atoms with Crippen molar-refractivity contribution in [1.82, 2.24) is 9.78 Å². The maximum absolute atomic E-state index is 11.2. The lowest BCUT2D eigenvalue weighted by Crippen LogP contribution is -2.21. The quantitative estimate of drug-likeness (QED) is 0.735. The van der Waals surface area contributed by atoms with Gasteiger partial charge >= 0.3 is 0 Å². The Kier molecular flexibility index (Phi) is 4.35. The largest absolute Gasteiger partial charge is 0.364 e. The Morgan fingerprint density at radius 2 is 2.00 bits per heavy atom. The van der Waals surface area contributed by atoms with Gasteiger partial charge in [-0.25, -0.2) is 0 Å². The lowest BCUT2D eigenvalue weighted by Gasteiger charge is -2.09. The van der Waals surface area contributed by atoms with Gasteiger partial charge in [-0.1, -0.05) is 15.9 Å². The molecular formula is C12H12BrN5OS. The van der Waals surface area contributed by atoms with Crippen LogP contribution in [-0.2, 0) is 7.05 Å². The van der Waals surface area contributed by atoms with Crippen molar-refractivity contribution in [2.24, 2.45) is 12.8 Å². The maximum atomic E-state index is 11.2. The highest BCUT2D eigenvalue weighted by molar-refractivity contribution is 9.10. The highest BCUT2D eigenvalue weighted by Crippen LogP contribution is 2.16. The molecule has 0 aliphatic rings. The minimum atomic E-state index is -0.612. The molecule has 0 aliphatic carbocycles. The van der Waals surface area contributed by atoms with Gasteiger partial charge in [0.25, 0.3) is 5.91 Å². The van der Waals surface area contributed by atoms with Crippen molar-refractivity contribution < 1.29 is 4.79 Å². The van der Waals surface area contributed by atoms with Crippen LogP contribution in [0.3, 0.4) is 0 Å². The van der Waals surface area contributed by atoms with E-state index in [0.29, 0.717) is 10.8 Å². The number of aryl methyl sites for hydroxylation is 1. The fourth-order valence-corrected chi connectivity index (χ4v) is 2.07.